The van der Waals surface area contributed by atoms with E-state index in [1.54, 1.807) is 19.4 Å². The lowest BCUT2D eigenvalue weighted by Gasteiger charge is -2.19. The molecular formula is C24H29N3O3. The first-order chi connectivity index (χ1) is 14.7. The Morgan fingerprint density at radius 3 is 2.50 bits per heavy atom. The minimum Gasteiger partial charge on any atom is -0.504 e. The van der Waals surface area contributed by atoms with Crippen molar-refractivity contribution in [2.24, 2.45) is 0 Å². The highest BCUT2D eigenvalue weighted by molar-refractivity contribution is 5.84. The summed E-state index contributed by atoms with van der Waals surface area (Å²) in [6.45, 7) is 4.30. The third-order valence-electron chi connectivity index (χ3n) is 5.17. The van der Waals surface area contributed by atoms with E-state index in [4.69, 9.17) is 9.47 Å². The van der Waals surface area contributed by atoms with Crippen molar-refractivity contribution in [3.63, 3.8) is 0 Å². The fourth-order valence-corrected chi connectivity index (χ4v) is 3.41. The lowest BCUT2D eigenvalue weighted by atomic mass is 10.00. The summed E-state index contributed by atoms with van der Waals surface area (Å²) in [6.07, 6.45) is 7.04. The Kier molecular flexibility index (Phi) is 7.60. The number of phenols is 1. The highest BCUT2D eigenvalue weighted by Crippen LogP contribution is 2.40. The number of rotatable bonds is 10. The van der Waals surface area contributed by atoms with E-state index in [2.05, 4.69) is 29.3 Å². The molecule has 0 amide bonds. The first-order valence-electron chi connectivity index (χ1n) is 10.5. The second-order valence-electron chi connectivity index (χ2n) is 7.22. The zero-order valence-corrected chi connectivity index (χ0v) is 17.8. The molecule has 3 rings (SSSR count). The van der Waals surface area contributed by atoms with E-state index in [0.717, 1.165) is 30.6 Å². The van der Waals surface area contributed by atoms with Gasteiger partial charge in [-0.15, -0.1) is 10.2 Å². The molecule has 2 aromatic carbocycles. The van der Waals surface area contributed by atoms with Crippen LogP contribution in [0.5, 0.6) is 17.2 Å². The van der Waals surface area contributed by atoms with Crippen LogP contribution in [-0.4, -0.2) is 33.7 Å². The van der Waals surface area contributed by atoms with Crippen LogP contribution >= 0.6 is 0 Å². The molecule has 1 heterocycles. The standard InChI is InChI=1S/C24H29N3O3/c1-4-6-7-9-18(5-2)30-22-11-8-10-20(24(22)28)21-16-25-27-26-23(21)17-12-14-19(29-3)15-13-17/h8,10-16,18,28H,4-7,9H2,1-3H3. The van der Waals surface area contributed by atoms with Gasteiger partial charge in [0.25, 0.3) is 0 Å². The molecule has 0 aliphatic rings. The molecule has 0 fully saturated rings. The Morgan fingerprint density at radius 1 is 1.00 bits per heavy atom. The highest BCUT2D eigenvalue weighted by Gasteiger charge is 2.18. The number of ether oxygens (including phenoxy) is 2. The van der Waals surface area contributed by atoms with E-state index in [1.165, 1.54) is 12.8 Å². The third-order valence-corrected chi connectivity index (χ3v) is 5.17. The van der Waals surface area contributed by atoms with Crippen LogP contribution in [0.4, 0.5) is 0 Å². The zero-order valence-electron chi connectivity index (χ0n) is 17.8. The van der Waals surface area contributed by atoms with Crippen LogP contribution in [0.1, 0.15) is 46.0 Å². The maximum absolute atomic E-state index is 11.0. The molecule has 30 heavy (non-hydrogen) atoms. The molecule has 6 nitrogen and oxygen atoms in total. The Hall–Kier alpha value is -3.15. The Balaban J connectivity index is 1.92. The molecule has 0 aliphatic heterocycles. The van der Waals surface area contributed by atoms with Gasteiger partial charge >= 0.3 is 0 Å². The fraction of sp³-hybridized carbons (Fsp3) is 0.375. The van der Waals surface area contributed by atoms with Crippen LogP contribution in [0.15, 0.2) is 48.7 Å². The summed E-state index contributed by atoms with van der Waals surface area (Å²) in [6, 6.07) is 13.1. The first kappa shape index (κ1) is 21.6. The van der Waals surface area contributed by atoms with Gasteiger partial charge in [0.2, 0.25) is 0 Å². The normalized spacial score (nSPS) is 11.8. The third kappa shape index (κ3) is 5.06. The predicted molar refractivity (Wildman–Crippen MR) is 118 cm³/mol. The number of methoxy groups -OCH3 is 1. The molecule has 1 aromatic heterocycles. The summed E-state index contributed by atoms with van der Waals surface area (Å²) in [5.41, 5.74) is 2.80. The van der Waals surface area contributed by atoms with Crippen molar-refractivity contribution >= 4 is 0 Å². The molecule has 1 unspecified atom stereocenters. The minimum atomic E-state index is 0.0763. The van der Waals surface area contributed by atoms with E-state index >= 15 is 0 Å². The van der Waals surface area contributed by atoms with Crippen LogP contribution in [0.25, 0.3) is 22.4 Å². The summed E-state index contributed by atoms with van der Waals surface area (Å²) in [5.74, 6) is 1.33. The van der Waals surface area contributed by atoms with Crippen LogP contribution in [0.3, 0.4) is 0 Å². The molecule has 3 aromatic rings. The number of hydrogen-bond donors (Lipinski definition) is 1. The van der Waals surface area contributed by atoms with Crippen LogP contribution in [-0.2, 0) is 0 Å². The molecule has 1 atom stereocenters. The number of benzene rings is 2. The predicted octanol–water partition coefficient (Wildman–Crippen LogP) is 5.66. The van der Waals surface area contributed by atoms with Crippen molar-refractivity contribution in [2.45, 2.75) is 52.1 Å². The molecule has 0 radical (unpaired) electrons. The van der Waals surface area contributed by atoms with Crippen molar-refractivity contribution in [2.75, 3.05) is 7.11 Å². The molecule has 0 bridgehead atoms. The number of hydrogen-bond acceptors (Lipinski definition) is 6. The van der Waals surface area contributed by atoms with Gasteiger partial charge in [0.15, 0.2) is 11.5 Å². The average Bonchev–Trinajstić information content (AvgIpc) is 2.80. The number of phenolic OH excluding ortho intramolecular Hbond substituents is 1. The van der Waals surface area contributed by atoms with Crippen molar-refractivity contribution in [3.05, 3.63) is 48.7 Å². The van der Waals surface area contributed by atoms with Gasteiger partial charge in [-0.2, -0.15) is 0 Å². The maximum atomic E-state index is 11.0. The number of unbranched alkanes of at least 4 members (excludes halogenated alkanes) is 2. The SMILES string of the molecule is CCCCCC(CC)Oc1cccc(-c2cnnnc2-c2ccc(OC)cc2)c1O. The van der Waals surface area contributed by atoms with E-state index in [9.17, 15) is 5.11 Å². The van der Waals surface area contributed by atoms with Gasteiger partial charge in [0.05, 0.1) is 19.4 Å². The second-order valence-corrected chi connectivity index (χ2v) is 7.22. The molecule has 0 saturated carbocycles. The number of aromatic hydroxyl groups is 1. The van der Waals surface area contributed by atoms with Crippen molar-refractivity contribution in [3.8, 4) is 39.6 Å². The summed E-state index contributed by atoms with van der Waals surface area (Å²) in [7, 11) is 1.63. The van der Waals surface area contributed by atoms with Gasteiger partial charge in [-0.3, -0.25) is 0 Å². The van der Waals surface area contributed by atoms with Gasteiger partial charge in [0.1, 0.15) is 11.4 Å². The van der Waals surface area contributed by atoms with Crippen LogP contribution in [0.2, 0.25) is 0 Å². The Morgan fingerprint density at radius 2 is 1.80 bits per heavy atom. The van der Waals surface area contributed by atoms with Gasteiger partial charge in [0, 0.05) is 16.7 Å². The Labute approximate surface area is 177 Å². The van der Waals surface area contributed by atoms with E-state index in [-0.39, 0.29) is 11.9 Å². The second kappa shape index (κ2) is 10.6. The number of aromatic nitrogens is 3. The van der Waals surface area contributed by atoms with Gasteiger partial charge in [-0.25, -0.2) is 0 Å². The van der Waals surface area contributed by atoms with Crippen molar-refractivity contribution in [1.29, 1.82) is 0 Å². The van der Waals surface area contributed by atoms with Gasteiger partial charge < -0.3 is 14.6 Å². The summed E-state index contributed by atoms with van der Waals surface area (Å²) in [4.78, 5) is 0. The molecule has 6 heteroatoms. The van der Waals surface area contributed by atoms with Gasteiger partial charge in [-0.05, 0) is 54.8 Å². The first-order valence-corrected chi connectivity index (χ1v) is 10.5. The summed E-state index contributed by atoms with van der Waals surface area (Å²) >= 11 is 0. The van der Waals surface area contributed by atoms with E-state index in [1.807, 2.05) is 36.4 Å². The van der Waals surface area contributed by atoms with E-state index < -0.39 is 0 Å². The van der Waals surface area contributed by atoms with Crippen LogP contribution in [0, 0.1) is 0 Å². The maximum Gasteiger partial charge on any atom is 0.165 e. The lowest BCUT2D eigenvalue weighted by Crippen LogP contribution is -2.15. The average molecular weight is 408 g/mol. The number of nitrogens with zero attached hydrogens (tertiary/aromatic N) is 3. The monoisotopic (exact) mass is 407 g/mol. The quantitative estimate of drug-likeness (QED) is 0.437. The molecule has 158 valence electrons. The molecule has 0 spiro atoms. The topological polar surface area (TPSA) is 77.4 Å². The molecule has 1 N–H and O–H groups in total. The molecule has 0 saturated heterocycles. The number of para-hydroxylation sites is 1. The fourth-order valence-electron chi connectivity index (χ4n) is 3.41. The van der Waals surface area contributed by atoms with E-state index in [0.29, 0.717) is 22.6 Å². The zero-order chi connectivity index (χ0) is 21.3. The Bertz CT molecular complexity index is 945. The van der Waals surface area contributed by atoms with Crippen molar-refractivity contribution < 1.29 is 14.6 Å². The smallest absolute Gasteiger partial charge is 0.165 e. The molecular weight excluding hydrogens is 378 g/mol. The minimum absolute atomic E-state index is 0.0763. The summed E-state index contributed by atoms with van der Waals surface area (Å²) in [5, 5.41) is 23.0. The molecule has 0 aliphatic carbocycles. The highest BCUT2D eigenvalue weighted by atomic mass is 16.5. The van der Waals surface area contributed by atoms with Gasteiger partial charge in [-0.1, -0.05) is 38.8 Å². The van der Waals surface area contributed by atoms with Crippen LogP contribution < -0.4 is 9.47 Å². The lowest BCUT2D eigenvalue weighted by molar-refractivity contribution is 0.176. The summed E-state index contributed by atoms with van der Waals surface area (Å²) < 4.78 is 11.4. The largest absolute Gasteiger partial charge is 0.504 e. The van der Waals surface area contributed by atoms with Crippen molar-refractivity contribution in [1.82, 2.24) is 15.4 Å².